The van der Waals surface area contributed by atoms with Crippen molar-refractivity contribution in [3.05, 3.63) is 42.0 Å². The van der Waals surface area contributed by atoms with E-state index in [4.69, 9.17) is 4.98 Å². The van der Waals surface area contributed by atoms with Crippen LogP contribution in [-0.4, -0.2) is 71.4 Å². The van der Waals surface area contributed by atoms with Gasteiger partial charge in [0.2, 0.25) is 17.8 Å². The van der Waals surface area contributed by atoms with E-state index in [1.165, 1.54) is 12.1 Å². The standard InChI is InChI=1S/C24H30FN5O2/c1-16(30-12-4-5-21(30)31)23(32)29-13-10-18(11-14-29)22-20(15-26-24(27-22)28(2)3)17-6-8-19(25)9-7-17/h6-9,15-16,18H,4-5,10-14H2,1-3H3/t16-/m0/s1. The number of piperidine rings is 1. The molecule has 1 atom stereocenters. The Kier molecular flexibility index (Phi) is 6.39. The van der Waals surface area contributed by atoms with Crippen molar-refractivity contribution in [2.24, 2.45) is 0 Å². The second-order valence-corrected chi connectivity index (χ2v) is 8.84. The van der Waals surface area contributed by atoms with Crippen molar-refractivity contribution in [1.29, 1.82) is 0 Å². The van der Waals surface area contributed by atoms with E-state index < -0.39 is 6.04 Å². The number of likely N-dealkylation sites (tertiary alicyclic amines) is 2. The molecule has 32 heavy (non-hydrogen) atoms. The summed E-state index contributed by atoms with van der Waals surface area (Å²) in [5.41, 5.74) is 2.72. The van der Waals surface area contributed by atoms with Crippen molar-refractivity contribution in [2.75, 3.05) is 38.6 Å². The number of anilines is 1. The molecule has 8 heteroatoms. The average molecular weight is 440 g/mol. The molecular formula is C24H30FN5O2. The normalized spacial score (nSPS) is 18.2. The Morgan fingerprint density at radius 3 is 2.44 bits per heavy atom. The van der Waals surface area contributed by atoms with Crippen molar-refractivity contribution >= 4 is 17.8 Å². The first-order chi connectivity index (χ1) is 15.3. The quantitative estimate of drug-likeness (QED) is 0.716. The lowest BCUT2D eigenvalue weighted by Crippen LogP contribution is -2.49. The van der Waals surface area contributed by atoms with Gasteiger partial charge in [-0.15, -0.1) is 0 Å². The zero-order valence-corrected chi connectivity index (χ0v) is 18.9. The number of aromatic nitrogens is 2. The number of amides is 2. The topological polar surface area (TPSA) is 69.6 Å². The lowest BCUT2D eigenvalue weighted by molar-refractivity contribution is -0.143. The molecule has 7 nitrogen and oxygen atoms in total. The molecule has 0 unspecified atom stereocenters. The molecule has 0 saturated carbocycles. The zero-order chi connectivity index (χ0) is 22.8. The predicted octanol–water partition coefficient (Wildman–Crippen LogP) is 3.07. The number of halogens is 1. The van der Waals surface area contributed by atoms with Crippen molar-refractivity contribution in [2.45, 2.75) is 44.6 Å². The molecule has 3 heterocycles. The van der Waals surface area contributed by atoms with E-state index >= 15 is 0 Å². The van der Waals surface area contributed by atoms with Gasteiger partial charge in [0.15, 0.2) is 0 Å². The number of carbonyl (C=O) groups is 2. The Morgan fingerprint density at radius 2 is 1.84 bits per heavy atom. The molecule has 2 amide bonds. The van der Waals surface area contributed by atoms with Gasteiger partial charge in [-0.3, -0.25) is 9.59 Å². The number of benzene rings is 1. The lowest BCUT2D eigenvalue weighted by Gasteiger charge is -2.36. The molecule has 1 aromatic carbocycles. The molecule has 2 aliphatic heterocycles. The Bertz CT molecular complexity index is 986. The first kappa shape index (κ1) is 22.2. The number of carbonyl (C=O) groups excluding carboxylic acids is 2. The molecular weight excluding hydrogens is 409 g/mol. The Balaban J connectivity index is 1.52. The minimum absolute atomic E-state index is 0.0223. The highest BCUT2D eigenvalue weighted by Gasteiger charge is 2.34. The second-order valence-electron chi connectivity index (χ2n) is 8.84. The van der Waals surface area contributed by atoms with Gasteiger partial charge < -0.3 is 14.7 Å². The van der Waals surface area contributed by atoms with Gasteiger partial charge in [0.25, 0.3) is 0 Å². The van der Waals surface area contributed by atoms with Crippen LogP contribution in [-0.2, 0) is 9.59 Å². The molecule has 4 rings (SSSR count). The third-order valence-corrected chi connectivity index (χ3v) is 6.49. The van der Waals surface area contributed by atoms with Crippen LogP contribution in [0.25, 0.3) is 11.1 Å². The maximum Gasteiger partial charge on any atom is 0.245 e. The number of hydrogen-bond acceptors (Lipinski definition) is 5. The number of nitrogens with zero attached hydrogens (tertiary/aromatic N) is 5. The maximum absolute atomic E-state index is 13.4. The largest absolute Gasteiger partial charge is 0.347 e. The summed E-state index contributed by atoms with van der Waals surface area (Å²) in [5.74, 6) is 0.615. The summed E-state index contributed by atoms with van der Waals surface area (Å²) in [6, 6.07) is 5.99. The van der Waals surface area contributed by atoms with E-state index in [2.05, 4.69) is 4.98 Å². The SMILES string of the molecule is C[C@@H](C(=O)N1CCC(c2nc(N(C)C)ncc2-c2ccc(F)cc2)CC1)N1CCCC1=O. The molecule has 170 valence electrons. The molecule has 2 fully saturated rings. The van der Waals surface area contributed by atoms with Crippen LogP contribution in [0.2, 0.25) is 0 Å². The highest BCUT2D eigenvalue weighted by molar-refractivity contribution is 5.88. The summed E-state index contributed by atoms with van der Waals surface area (Å²) < 4.78 is 13.4. The summed E-state index contributed by atoms with van der Waals surface area (Å²) in [4.78, 5) is 39.8. The van der Waals surface area contributed by atoms with Gasteiger partial charge in [0.1, 0.15) is 11.9 Å². The van der Waals surface area contributed by atoms with Crippen molar-refractivity contribution < 1.29 is 14.0 Å². The molecule has 1 aromatic heterocycles. The molecule has 0 bridgehead atoms. The summed E-state index contributed by atoms with van der Waals surface area (Å²) in [6.45, 7) is 3.75. The molecule has 0 aliphatic carbocycles. The predicted molar refractivity (Wildman–Crippen MR) is 121 cm³/mol. The van der Waals surface area contributed by atoms with E-state index in [-0.39, 0.29) is 23.5 Å². The maximum atomic E-state index is 13.4. The van der Waals surface area contributed by atoms with Crippen molar-refractivity contribution in [3.63, 3.8) is 0 Å². The van der Waals surface area contributed by atoms with Crippen LogP contribution in [0.5, 0.6) is 0 Å². The minimum atomic E-state index is -0.407. The number of rotatable bonds is 5. The summed E-state index contributed by atoms with van der Waals surface area (Å²) in [5, 5.41) is 0. The van der Waals surface area contributed by atoms with Gasteiger partial charge >= 0.3 is 0 Å². The zero-order valence-electron chi connectivity index (χ0n) is 18.9. The van der Waals surface area contributed by atoms with Crippen LogP contribution in [0.3, 0.4) is 0 Å². The van der Waals surface area contributed by atoms with Gasteiger partial charge in [-0.25, -0.2) is 14.4 Å². The number of hydrogen-bond donors (Lipinski definition) is 0. The van der Waals surface area contributed by atoms with Gasteiger partial charge in [0, 0.05) is 57.8 Å². The van der Waals surface area contributed by atoms with Crippen LogP contribution in [0.15, 0.2) is 30.5 Å². The molecule has 2 aliphatic rings. The van der Waals surface area contributed by atoms with E-state index in [1.54, 1.807) is 17.0 Å². The molecule has 0 radical (unpaired) electrons. The fourth-order valence-electron chi connectivity index (χ4n) is 4.61. The van der Waals surface area contributed by atoms with Crippen LogP contribution >= 0.6 is 0 Å². The lowest BCUT2D eigenvalue weighted by atomic mass is 9.88. The highest BCUT2D eigenvalue weighted by atomic mass is 19.1. The van der Waals surface area contributed by atoms with Crippen LogP contribution in [0, 0.1) is 5.82 Å². The van der Waals surface area contributed by atoms with Crippen LogP contribution in [0.1, 0.15) is 44.2 Å². The van der Waals surface area contributed by atoms with Gasteiger partial charge in [-0.2, -0.15) is 0 Å². The van der Waals surface area contributed by atoms with Gasteiger partial charge in [-0.1, -0.05) is 12.1 Å². The van der Waals surface area contributed by atoms with Crippen molar-refractivity contribution in [3.8, 4) is 11.1 Å². The fraction of sp³-hybridized carbons (Fsp3) is 0.500. The summed E-state index contributed by atoms with van der Waals surface area (Å²) >= 11 is 0. The first-order valence-electron chi connectivity index (χ1n) is 11.2. The van der Waals surface area contributed by atoms with Crippen LogP contribution in [0.4, 0.5) is 10.3 Å². The Morgan fingerprint density at radius 1 is 1.16 bits per heavy atom. The van der Waals surface area contributed by atoms with E-state index in [0.29, 0.717) is 32.0 Å². The van der Waals surface area contributed by atoms with E-state index in [1.807, 2.05) is 37.0 Å². The molecule has 0 spiro atoms. The third kappa shape index (κ3) is 4.45. The second kappa shape index (κ2) is 9.22. The minimum Gasteiger partial charge on any atom is -0.347 e. The van der Waals surface area contributed by atoms with Gasteiger partial charge in [-0.05, 0) is 43.9 Å². The molecule has 2 saturated heterocycles. The monoisotopic (exact) mass is 439 g/mol. The van der Waals surface area contributed by atoms with E-state index in [9.17, 15) is 14.0 Å². The summed E-state index contributed by atoms with van der Waals surface area (Å²) in [7, 11) is 3.80. The highest BCUT2D eigenvalue weighted by Crippen LogP contribution is 2.35. The smallest absolute Gasteiger partial charge is 0.245 e. The Hall–Kier alpha value is -3.03. The van der Waals surface area contributed by atoms with Crippen molar-refractivity contribution in [1.82, 2.24) is 19.8 Å². The van der Waals surface area contributed by atoms with Crippen LogP contribution < -0.4 is 4.90 Å². The average Bonchev–Trinajstić information content (AvgIpc) is 3.24. The van der Waals surface area contributed by atoms with Gasteiger partial charge in [0.05, 0.1) is 5.69 Å². The first-order valence-corrected chi connectivity index (χ1v) is 11.2. The third-order valence-electron chi connectivity index (χ3n) is 6.49. The summed E-state index contributed by atoms with van der Waals surface area (Å²) in [6.07, 6.45) is 4.73. The fourth-order valence-corrected chi connectivity index (χ4v) is 4.61. The van der Waals surface area contributed by atoms with E-state index in [0.717, 1.165) is 36.1 Å². The molecule has 2 aromatic rings. The molecule has 0 N–H and O–H groups in total. The Labute approximate surface area is 188 Å².